The van der Waals surface area contributed by atoms with Crippen LogP contribution in [0.4, 0.5) is 24.7 Å². The number of alkyl halides is 3. The monoisotopic (exact) mass is 393 g/mol. The highest BCUT2D eigenvalue weighted by Gasteiger charge is 2.35. The van der Waals surface area contributed by atoms with E-state index in [4.69, 9.17) is 5.73 Å². The van der Waals surface area contributed by atoms with Gasteiger partial charge >= 0.3 is 6.18 Å². The highest BCUT2D eigenvalue weighted by molar-refractivity contribution is 6.01. The Morgan fingerprint density at radius 2 is 2.00 bits per heavy atom. The highest BCUT2D eigenvalue weighted by atomic mass is 19.4. The molecule has 0 saturated carbocycles. The van der Waals surface area contributed by atoms with Crippen molar-refractivity contribution in [3.05, 3.63) is 36.5 Å². The molecule has 0 unspecified atom stereocenters. The fraction of sp³-hybridized carbons (Fsp3) is 0.450. The van der Waals surface area contributed by atoms with Gasteiger partial charge in [-0.3, -0.25) is 0 Å². The molecule has 0 radical (unpaired) electrons. The molecule has 4 N–H and O–H groups in total. The molecule has 8 heteroatoms. The zero-order valence-corrected chi connectivity index (χ0v) is 15.9. The van der Waals surface area contributed by atoms with Gasteiger partial charge < -0.3 is 21.3 Å². The predicted octanol–water partition coefficient (Wildman–Crippen LogP) is 3.69. The van der Waals surface area contributed by atoms with Crippen molar-refractivity contribution in [3.63, 3.8) is 0 Å². The number of hydrogen-bond acceptors (Lipinski definition) is 5. The van der Waals surface area contributed by atoms with Crippen LogP contribution >= 0.6 is 0 Å². The minimum atomic E-state index is -4.55. The Morgan fingerprint density at radius 1 is 1.29 bits per heavy atom. The lowest BCUT2D eigenvalue weighted by Crippen LogP contribution is -2.36. The summed E-state index contributed by atoms with van der Waals surface area (Å²) in [6.07, 6.45) is -2.58. The summed E-state index contributed by atoms with van der Waals surface area (Å²) < 4.78 is 40.1. The molecule has 0 aliphatic carbocycles. The summed E-state index contributed by atoms with van der Waals surface area (Å²) in [4.78, 5) is 6.45. The van der Waals surface area contributed by atoms with E-state index >= 15 is 0 Å². The smallest absolute Gasteiger partial charge is 0.382 e. The number of fused-ring (bicyclic) bond motifs is 1. The molecule has 28 heavy (non-hydrogen) atoms. The Morgan fingerprint density at radius 3 is 2.64 bits per heavy atom. The van der Waals surface area contributed by atoms with Crippen LogP contribution in [-0.4, -0.2) is 55.3 Å². The van der Waals surface area contributed by atoms with E-state index in [-0.39, 0.29) is 11.7 Å². The number of halogens is 3. The molecule has 1 saturated heterocycles. The van der Waals surface area contributed by atoms with Crippen molar-refractivity contribution < 1.29 is 13.2 Å². The number of aromatic nitrogens is 1. The molecule has 1 aromatic carbocycles. The number of allylic oxidation sites excluding steroid dienone is 1. The topological polar surface area (TPSA) is 66.2 Å². The van der Waals surface area contributed by atoms with Gasteiger partial charge in [-0.1, -0.05) is 18.7 Å². The van der Waals surface area contributed by atoms with Crippen LogP contribution in [0.2, 0.25) is 0 Å². The summed E-state index contributed by atoms with van der Waals surface area (Å²) in [7, 11) is 2.09. The third-order valence-corrected chi connectivity index (χ3v) is 5.03. The lowest BCUT2D eigenvalue weighted by molar-refractivity contribution is -0.0688. The first kappa shape index (κ1) is 20.4. The first-order valence-electron chi connectivity index (χ1n) is 9.39. The minimum absolute atomic E-state index is 0.156. The molecule has 1 aliphatic heterocycles. The number of nitrogens with one attached hydrogen (secondary N) is 2. The Kier molecular flexibility index (Phi) is 6.10. The molecular formula is C20H26F3N5. The van der Waals surface area contributed by atoms with Gasteiger partial charge in [-0.05, 0) is 45.1 Å². The van der Waals surface area contributed by atoms with E-state index in [1.807, 2.05) is 6.07 Å². The van der Waals surface area contributed by atoms with E-state index in [1.165, 1.54) is 0 Å². The first-order valence-corrected chi connectivity index (χ1v) is 9.39. The lowest BCUT2D eigenvalue weighted by atomic mass is 10.0. The maximum Gasteiger partial charge on any atom is 0.417 e. The second kappa shape index (κ2) is 8.36. The maximum atomic E-state index is 13.4. The molecule has 1 aliphatic rings. The van der Waals surface area contributed by atoms with Crippen molar-refractivity contribution in [1.29, 1.82) is 0 Å². The zero-order valence-electron chi connectivity index (χ0n) is 15.9. The molecule has 3 rings (SSSR count). The summed E-state index contributed by atoms with van der Waals surface area (Å²) in [5.41, 5.74) is 5.21. The number of nitrogens with zero attached hydrogens (tertiary/aromatic N) is 2. The quantitative estimate of drug-likeness (QED) is 0.699. The minimum Gasteiger partial charge on any atom is -0.382 e. The predicted molar refractivity (Wildman–Crippen MR) is 109 cm³/mol. The van der Waals surface area contributed by atoms with Crippen LogP contribution in [-0.2, 0) is 0 Å². The Bertz CT molecular complexity index is 842. The summed E-state index contributed by atoms with van der Waals surface area (Å²) in [5, 5.41) is 7.63. The molecule has 5 nitrogen and oxygen atoms in total. The number of hydrogen-bond donors (Lipinski definition) is 3. The summed E-state index contributed by atoms with van der Waals surface area (Å²) >= 11 is 0. The van der Waals surface area contributed by atoms with Gasteiger partial charge in [0.05, 0.1) is 11.3 Å². The van der Waals surface area contributed by atoms with Gasteiger partial charge in [-0.2, -0.15) is 13.2 Å². The molecule has 0 atom stereocenters. The van der Waals surface area contributed by atoms with E-state index in [0.29, 0.717) is 29.7 Å². The number of anilines is 2. The number of pyridine rings is 1. The number of benzene rings is 1. The van der Waals surface area contributed by atoms with E-state index in [0.717, 1.165) is 31.6 Å². The van der Waals surface area contributed by atoms with Gasteiger partial charge in [-0.15, -0.1) is 0 Å². The van der Waals surface area contributed by atoms with Crippen molar-refractivity contribution in [1.82, 2.24) is 9.88 Å². The molecule has 2 heterocycles. The summed E-state index contributed by atoms with van der Waals surface area (Å²) in [6, 6.07) is 7.36. The van der Waals surface area contributed by atoms with Crippen LogP contribution in [0.5, 0.6) is 0 Å². The van der Waals surface area contributed by atoms with Gasteiger partial charge in [0.15, 0.2) is 0 Å². The van der Waals surface area contributed by atoms with Crippen LogP contribution in [0.15, 0.2) is 30.8 Å². The standard InChI is InChI=1S/C20H26F3N5/c1-13(20(21,22)23)19-15-4-3-5-17(26-14-6-10-28(2)11-7-14)16(15)12-18(27-19)25-9-8-24/h3-5,12,14,26H,1,6-11,24H2,2H3,(H,25,27). The van der Waals surface area contributed by atoms with Crippen molar-refractivity contribution in [2.45, 2.75) is 25.1 Å². The second-order valence-corrected chi connectivity index (χ2v) is 7.17. The van der Waals surface area contributed by atoms with Gasteiger partial charge in [-0.25, -0.2) is 4.98 Å². The van der Waals surface area contributed by atoms with Crippen molar-refractivity contribution >= 4 is 27.9 Å². The van der Waals surface area contributed by atoms with Gasteiger partial charge in [0.2, 0.25) is 0 Å². The summed E-state index contributed by atoms with van der Waals surface area (Å²) in [6.45, 7) is 6.00. The third-order valence-electron chi connectivity index (χ3n) is 5.03. The van der Waals surface area contributed by atoms with Crippen LogP contribution in [0.25, 0.3) is 16.3 Å². The Hall–Kier alpha value is -2.32. The van der Waals surface area contributed by atoms with Crippen LogP contribution in [0.3, 0.4) is 0 Å². The normalized spacial score (nSPS) is 16.3. The highest BCUT2D eigenvalue weighted by Crippen LogP contribution is 2.38. The average molecular weight is 393 g/mol. The maximum absolute atomic E-state index is 13.4. The van der Waals surface area contributed by atoms with Crippen LogP contribution in [0, 0.1) is 0 Å². The fourth-order valence-corrected chi connectivity index (χ4v) is 3.43. The van der Waals surface area contributed by atoms with Gasteiger partial charge in [0.1, 0.15) is 5.82 Å². The molecular weight excluding hydrogens is 367 g/mol. The van der Waals surface area contributed by atoms with E-state index in [9.17, 15) is 13.2 Å². The van der Waals surface area contributed by atoms with Crippen molar-refractivity contribution in [3.8, 4) is 0 Å². The number of piperidine rings is 1. The summed E-state index contributed by atoms with van der Waals surface area (Å²) in [5.74, 6) is 0.357. The SMILES string of the molecule is C=C(c1nc(NCCN)cc2c(NC3CCN(C)CC3)cccc12)C(F)(F)F. The van der Waals surface area contributed by atoms with Crippen LogP contribution in [0.1, 0.15) is 18.5 Å². The molecule has 0 spiro atoms. The lowest BCUT2D eigenvalue weighted by Gasteiger charge is -2.30. The molecule has 1 aromatic heterocycles. The molecule has 0 bridgehead atoms. The average Bonchev–Trinajstić information content (AvgIpc) is 2.66. The first-order chi connectivity index (χ1) is 13.3. The van der Waals surface area contributed by atoms with Crippen molar-refractivity contribution in [2.24, 2.45) is 5.73 Å². The van der Waals surface area contributed by atoms with Crippen molar-refractivity contribution in [2.75, 3.05) is 43.9 Å². The fourth-order valence-electron chi connectivity index (χ4n) is 3.43. The largest absolute Gasteiger partial charge is 0.417 e. The number of nitrogens with two attached hydrogens (primary N) is 1. The third kappa shape index (κ3) is 4.56. The van der Waals surface area contributed by atoms with E-state index in [2.05, 4.69) is 34.1 Å². The van der Waals surface area contributed by atoms with Crippen LogP contribution < -0.4 is 16.4 Å². The Labute approximate surface area is 162 Å². The Balaban J connectivity index is 2.04. The van der Waals surface area contributed by atoms with E-state index in [1.54, 1.807) is 18.2 Å². The molecule has 0 amide bonds. The molecule has 1 fully saturated rings. The van der Waals surface area contributed by atoms with Gasteiger partial charge in [0.25, 0.3) is 0 Å². The number of rotatable bonds is 6. The van der Waals surface area contributed by atoms with Gasteiger partial charge in [0, 0.05) is 35.6 Å². The zero-order chi connectivity index (χ0) is 20.3. The second-order valence-electron chi connectivity index (χ2n) is 7.17. The van der Waals surface area contributed by atoms with E-state index < -0.39 is 11.7 Å². The molecule has 152 valence electrons. The molecule has 2 aromatic rings. The number of likely N-dealkylation sites (tertiary alicyclic amines) is 1.